The normalized spacial score (nSPS) is 14.7. The van der Waals surface area contributed by atoms with E-state index in [0.717, 1.165) is 12.8 Å². The molecule has 0 bridgehead atoms. The lowest BCUT2D eigenvalue weighted by Gasteiger charge is -2.20. The average Bonchev–Trinajstić information content (AvgIpc) is 2.95. The zero-order valence-electron chi connectivity index (χ0n) is 15.0. The number of hydrogen-bond donors (Lipinski definition) is 1. The predicted octanol–water partition coefficient (Wildman–Crippen LogP) is 2.15. The van der Waals surface area contributed by atoms with Crippen LogP contribution in [0.15, 0.2) is 16.1 Å². The molecular weight excluding hydrogens is 354 g/mol. The third kappa shape index (κ3) is 3.39. The van der Waals surface area contributed by atoms with Crippen molar-refractivity contribution < 1.29 is 9.59 Å². The summed E-state index contributed by atoms with van der Waals surface area (Å²) in [5.41, 5.74) is 0.494. The highest BCUT2D eigenvalue weighted by Crippen LogP contribution is 2.26. The van der Waals surface area contributed by atoms with Gasteiger partial charge in [0.2, 0.25) is 0 Å². The van der Waals surface area contributed by atoms with Crippen LogP contribution in [0.4, 0.5) is 4.79 Å². The number of carbonyl (C=O) groups excluding carboxylic acids is 2. The van der Waals surface area contributed by atoms with Crippen molar-refractivity contribution in [1.82, 2.24) is 19.8 Å². The summed E-state index contributed by atoms with van der Waals surface area (Å²) in [6.45, 7) is 4.93. The van der Waals surface area contributed by atoms with E-state index in [9.17, 15) is 14.4 Å². The summed E-state index contributed by atoms with van der Waals surface area (Å²) in [6.07, 6.45) is 3.90. The Bertz CT molecular complexity index is 959. The molecule has 3 rings (SSSR count). The van der Waals surface area contributed by atoms with Gasteiger partial charge in [-0.1, -0.05) is 13.3 Å². The van der Waals surface area contributed by atoms with E-state index in [1.807, 2.05) is 0 Å². The summed E-state index contributed by atoms with van der Waals surface area (Å²) in [5, 5.41) is 3.18. The molecule has 0 atom stereocenters. The van der Waals surface area contributed by atoms with Gasteiger partial charge in [0.1, 0.15) is 10.7 Å². The van der Waals surface area contributed by atoms with Crippen molar-refractivity contribution in [3.8, 4) is 0 Å². The number of aryl methyl sites for hydroxylation is 2. The Hall–Kier alpha value is -2.55. The Balaban J connectivity index is 1.91. The van der Waals surface area contributed by atoms with Crippen molar-refractivity contribution >= 4 is 39.3 Å². The van der Waals surface area contributed by atoms with Crippen LogP contribution in [0.25, 0.3) is 10.2 Å². The topological polar surface area (TPSA) is 96.7 Å². The Morgan fingerprint density at radius 2 is 2.15 bits per heavy atom. The molecule has 0 radical (unpaired) electrons. The first-order chi connectivity index (χ1) is 12.4. The molecule has 1 aliphatic rings. The van der Waals surface area contributed by atoms with Crippen LogP contribution in [0.3, 0.4) is 0 Å². The largest absolute Gasteiger partial charge is 0.344 e. The number of amides is 3. The molecule has 0 aromatic carbocycles. The molecule has 3 heterocycles. The van der Waals surface area contributed by atoms with Gasteiger partial charge in [-0.05, 0) is 18.9 Å². The van der Waals surface area contributed by atoms with Crippen molar-refractivity contribution in [3.05, 3.63) is 27.1 Å². The number of urea groups is 1. The number of carbonyl (C=O) groups is 2. The van der Waals surface area contributed by atoms with E-state index in [2.05, 4.69) is 22.2 Å². The summed E-state index contributed by atoms with van der Waals surface area (Å²) < 4.78 is 1.59. The van der Waals surface area contributed by atoms with Gasteiger partial charge in [-0.2, -0.15) is 4.99 Å². The minimum Gasteiger partial charge on any atom is -0.325 e. The van der Waals surface area contributed by atoms with Crippen LogP contribution in [-0.2, 0) is 6.54 Å². The van der Waals surface area contributed by atoms with E-state index in [4.69, 9.17) is 0 Å². The summed E-state index contributed by atoms with van der Waals surface area (Å²) in [4.78, 5) is 47.6. The minimum absolute atomic E-state index is 0.122. The van der Waals surface area contributed by atoms with Gasteiger partial charge in [-0.25, -0.2) is 9.78 Å². The second-order valence-electron chi connectivity index (χ2n) is 6.30. The lowest BCUT2D eigenvalue weighted by atomic mass is 10.2. The Morgan fingerprint density at radius 1 is 1.38 bits per heavy atom. The molecule has 3 amide bonds. The minimum atomic E-state index is -0.375. The molecular formula is C17H21N5O3S. The molecule has 1 aliphatic heterocycles. The third-order valence-corrected chi connectivity index (χ3v) is 5.57. The number of thiophene rings is 1. The van der Waals surface area contributed by atoms with E-state index >= 15 is 0 Å². The summed E-state index contributed by atoms with van der Waals surface area (Å²) in [5.74, 6) is -0.00983. The van der Waals surface area contributed by atoms with Crippen LogP contribution in [0.1, 0.15) is 41.4 Å². The Morgan fingerprint density at radius 3 is 2.85 bits per heavy atom. The molecule has 0 unspecified atom stereocenters. The number of unbranched alkanes of at least 4 members (excludes halogenated alkanes) is 1. The van der Waals surface area contributed by atoms with Crippen LogP contribution in [0, 0.1) is 6.92 Å². The maximum absolute atomic E-state index is 12.7. The second-order valence-corrected chi connectivity index (χ2v) is 7.30. The number of aliphatic imine (C=N–C) groups is 1. The number of hydrogen-bond acceptors (Lipinski definition) is 5. The smallest absolute Gasteiger partial charge is 0.325 e. The number of nitrogens with zero attached hydrogens (tertiary/aromatic N) is 4. The van der Waals surface area contributed by atoms with E-state index in [-0.39, 0.29) is 17.5 Å². The Labute approximate surface area is 154 Å². The number of nitrogens with one attached hydrogen (secondary N) is 1. The van der Waals surface area contributed by atoms with Gasteiger partial charge >= 0.3 is 6.03 Å². The van der Waals surface area contributed by atoms with Gasteiger partial charge in [-0.3, -0.25) is 14.2 Å². The maximum atomic E-state index is 12.7. The van der Waals surface area contributed by atoms with Crippen molar-refractivity contribution in [1.29, 1.82) is 0 Å². The molecule has 9 heteroatoms. The molecule has 0 aliphatic carbocycles. The third-order valence-electron chi connectivity index (χ3n) is 4.38. The molecule has 8 nitrogen and oxygen atoms in total. The molecule has 2 aromatic rings. The number of rotatable bonds is 4. The van der Waals surface area contributed by atoms with Crippen LogP contribution in [-0.4, -0.2) is 45.8 Å². The van der Waals surface area contributed by atoms with Crippen LogP contribution in [0.2, 0.25) is 0 Å². The van der Waals surface area contributed by atoms with Crippen molar-refractivity contribution in [2.75, 3.05) is 13.6 Å². The molecule has 0 spiro atoms. The lowest BCUT2D eigenvalue weighted by molar-refractivity contribution is 0.0979. The molecule has 138 valence electrons. The Kier molecular flexibility index (Phi) is 5.17. The molecule has 1 N–H and O–H groups in total. The van der Waals surface area contributed by atoms with Gasteiger partial charge in [0.15, 0.2) is 0 Å². The summed E-state index contributed by atoms with van der Waals surface area (Å²) in [7, 11) is 1.66. The van der Waals surface area contributed by atoms with Crippen LogP contribution < -0.4 is 10.9 Å². The lowest BCUT2D eigenvalue weighted by Crippen LogP contribution is -2.39. The average molecular weight is 375 g/mol. The fourth-order valence-corrected chi connectivity index (χ4v) is 3.80. The summed E-state index contributed by atoms with van der Waals surface area (Å²) >= 11 is 1.18. The van der Waals surface area contributed by atoms with Crippen LogP contribution >= 0.6 is 11.3 Å². The highest BCUT2D eigenvalue weighted by molar-refractivity contribution is 7.20. The van der Waals surface area contributed by atoms with Gasteiger partial charge in [-0.15, -0.1) is 11.3 Å². The number of fused-ring (bicyclic) bond motifs is 1. The first-order valence-electron chi connectivity index (χ1n) is 8.55. The zero-order valence-corrected chi connectivity index (χ0v) is 15.9. The zero-order chi connectivity index (χ0) is 18.8. The van der Waals surface area contributed by atoms with Crippen molar-refractivity contribution in [2.24, 2.45) is 4.99 Å². The SMILES string of the molecule is CCCCn1cnc2sc(C(=O)NC3=NC(=O)N(C)CC3)c(C)c2c1=O. The standard InChI is InChI=1S/C17H21N5O3S/c1-4-5-7-22-9-18-15-12(16(22)24)10(2)13(26-15)14(23)19-11-6-8-21(3)17(25)20-11/h9H,4-8H2,1-3H3,(H,19,20,23,25). The van der Waals surface area contributed by atoms with Crippen LogP contribution in [0.5, 0.6) is 0 Å². The second kappa shape index (κ2) is 7.36. The number of aromatic nitrogens is 2. The van der Waals surface area contributed by atoms with Gasteiger partial charge < -0.3 is 10.2 Å². The van der Waals surface area contributed by atoms with Gasteiger partial charge in [0.05, 0.1) is 16.6 Å². The molecule has 2 aromatic heterocycles. The highest BCUT2D eigenvalue weighted by Gasteiger charge is 2.23. The van der Waals surface area contributed by atoms with Crippen molar-refractivity contribution in [2.45, 2.75) is 39.7 Å². The van der Waals surface area contributed by atoms with Gasteiger partial charge in [0, 0.05) is 26.6 Å². The predicted molar refractivity (Wildman–Crippen MR) is 101 cm³/mol. The van der Waals surface area contributed by atoms with E-state index in [0.29, 0.717) is 46.0 Å². The fourth-order valence-electron chi connectivity index (χ4n) is 2.77. The molecule has 0 fully saturated rings. The number of amidine groups is 1. The van der Waals surface area contributed by atoms with E-state index in [1.165, 1.54) is 22.6 Å². The summed E-state index contributed by atoms with van der Waals surface area (Å²) in [6, 6.07) is -0.375. The molecule has 26 heavy (non-hydrogen) atoms. The van der Waals surface area contributed by atoms with Gasteiger partial charge in [0.25, 0.3) is 11.5 Å². The fraction of sp³-hybridized carbons (Fsp3) is 0.471. The van der Waals surface area contributed by atoms with E-state index < -0.39 is 0 Å². The monoisotopic (exact) mass is 375 g/mol. The maximum Gasteiger partial charge on any atom is 0.344 e. The van der Waals surface area contributed by atoms with Crippen molar-refractivity contribution in [3.63, 3.8) is 0 Å². The first-order valence-corrected chi connectivity index (χ1v) is 9.36. The molecule has 0 saturated carbocycles. The highest BCUT2D eigenvalue weighted by atomic mass is 32.1. The first kappa shape index (κ1) is 18.2. The quantitative estimate of drug-likeness (QED) is 0.885. The van der Waals surface area contributed by atoms with E-state index in [1.54, 1.807) is 18.5 Å². The molecule has 0 saturated heterocycles.